The molecule has 2 amide bonds. The van der Waals surface area contributed by atoms with Crippen LogP contribution >= 0.6 is 0 Å². The lowest BCUT2D eigenvalue weighted by Crippen LogP contribution is -2.38. The summed E-state index contributed by atoms with van der Waals surface area (Å²) >= 11 is 0. The van der Waals surface area contributed by atoms with Gasteiger partial charge in [0.25, 0.3) is 0 Å². The van der Waals surface area contributed by atoms with Crippen molar-refractivity contribution in [2.75, 3.05) is 0 Å². The van der Waals surface area contributed by atoms with Crippen molar-refractivity contribution in [2.24, 2.45) is 0 Å². The highest BCUT2D eigenvalue weighted by Gasteiger charge is 2.22. The monoisotopic (exact) mass is 520 g/mol. The van der Waals surface area contributed by atoms with Gasteiger partial charge in [0.05, 0.1) is 0 Å². The van der Waals surface area contributed by atoms with Crippen molar-refractivity contribution >= 4 is 45.7 Å². The van der Waals surface area contributed by atoms with E-state index in [1.54, 1.807) is 48.5 Å². The first kappa shape index (κ1) is 27.7. The van der Waals surface area contributed by atoms with E-state index in [1.807, 2.05) is 0 Å². The molecular weight excluding hydrogens is 492 g/mol. The van der Waals surface area contributed by atoms with Gasteiger partial charge in [-0.2, -0.15) is 0 Å². The Kier molecular flexibility index (Phi) is 8.69. The fraction of sp³-hybridized carbons (Fsp3) is 0.214. The van der Waals surface area contributed by atoms with Crippen LogP contribution < -0.4 is 20.1 Å². The van der Waals surface area contributed by atoms with E-state index in [0.717, 1.165) is 0 Å². The summed E-state index contributed by atoms with van der Waals surface area (Å²) in [6.07, 6.45) is -3.67. The highest BCUT2D eigenvalue weighted by molar-refractivity contribution is 6.12. The fourth-order valence-electron chi connectivity index (χ4n) is 3.43. The van der Waals surface area contributed by atoms with Crippen LogP contribution in [0.3, 0.4) is 0 Å². The number of amides is 2. The van der Waals surface area contributed by atoms with Crippen molar-refractivity contribution in [2.45, 2.75) is 40.2 Å². The highest BCUT2D eigenvalue weighted by atomic mass is 16.6. The predicted molar refractivity (Wildman–Crippen MR) is 141 cm³/mol. The van der Waals surface area contributed by atoms with Crippen molar-refractivity contribution < 1.29 is 38.1 Å². The molecule has 3 aromatic rings. The zero-order chi connectivity index (χ0) is 28.0. The smallest absolute Gasteiger partial charge is 0.415 e. The third-order valence-corrected chi connectivity index (χ3v) is 5.13. The molecule has 0 spiro atoms. The molecular formula is C28H28N2O8. The number of rotatable bonds is 8. The second-order valence-electron chi connectivity index (χ2n) is 8.47. The summed E-state index contributed by atoms with van der Waals surface area (Å²) < 4.78 is 21.5. The lowest BCUT2D eigenvalue weighted by Gasteiger charge is -2.19. The number of ether oxygens (including phenoxy) is 4. The molecule has 0 aliphatic heterocycles. The summed E-state index contributed by atoms with van der Waals surface area (Å²) in [6.45, 7) is 12.9. The van der Waals surface area contributed by atoms with Crippen LogP contribution in [0, 0.1) is 0 Å². The van der Waals surface area contributed by atoms with Gasteiger partial charge in [-0.1, -0.05) is 61.7 Å². The molecule has 38 heavy (non-hydrogen) atoms. The molecule has 0 heterocycles. The standard InChI is InChI=1S/C28H28N2O8/c1-15(2)25(31)35-17(5)29-27(33)37-23-19-11-7-9-13-21(19)24(22-14-10-8-12-20(22)23)38-28(34)30-18(6)36-26(32)16(3)4/h7-14,17-18H,1,3H2,2,4-6H3,(H,29,33)(H,30,34). The molecule has 0 radical (unpaired) electrons. The van der Waals surface area contributed by atoms with Gasteiger partial charge in [0.15, 0.2) is 12.5 Å². The zero-order valence-electron chi connectivity index (χ0n) is 21.5. The van der Waals surface area contributed by atoms with Crippen molar-refractivity contribution in [3.8, 4) is 11.5 Å². The molecule has 198 valence electrons. The summed E-state index contributed by atoms with van der Waals surface area (Å²) in [4.78, 5) is 48.8. The molecule has 0 fully saturated rings. The van der Waals surface area contributed by atoms with Crippen molar-refractivity contribution in [3.63, 3.8) is 0 Å². The molecule has 0 aromatic heterocycles. The number of nitrogens with one attached hydrogen (secondary N) is 2. The minimum absolute atomic E-state index is 0.187. The summed E-state index contributed by atoms with van der Waals surface area (Å²) in [5, 5.41) is 6.83. The first-order chi connectivity index (χ1) is 18.0. The molecule has 10 heteroatoms. The van der Waals surface area contributed by atoms with Crippen molar-refractivity contribution in [1.82, 2.24) is 10.6 Å². The number of esters is 2. The molecule has 3 rings (SSSR count). The second-order valence-corrected chi connectivity index (χ2v) is 8.47. The SMILES string of the molecule is C=C(C)C(=O)OC(C)NC(=O)Oc1c2ccccc2c(OC(=O)NC(C)OC(=O)C(=C)C)c2ccccc12. The van der Waals surface area contributed by atoms with Gasteiger partial charge in [0, 0.05) is 32.7 Å². The van der Waals surface area contributed by atoms with Crippen molar-refractivity contribution in [1.29, 1.82) is 0 Å². The van der Waals surface area contributed by atoms with E-state index in [4.69, 9.17) is 18.9 Å². The summed E-state index contributed by atoms with van der Waals surface area (Å²) in [5.74, 6) is -0.887. The Balaban J connectivity index is 1.92. The van der Waals surface area contributed by atoms with Gasteiger partial charge in [-0.15, -0.1) is 0 Å². The number of carbonyl (C=O) groups excluding carboxylic acids is 4. The topological polar surface area (TPSA) is 129 Å². The predicted octanol–water partition coefficient (Wildman–Crippen LogP) is 5.10. The maximum atomic E-state index is 12.7. The molecule has 2 N–H and O–H groups in total. The Hall–Kier alpha value is -4.86. The molecule has 10 nitrogen and oxygen atoms in total. The van der Waals surface area contributed by atoms with Gasteiger partial charge in [-0.3, -0.25) is 10.6 Å². The quantitative estimate of drug-likeness (QED) is 0.182. The lowest BCUT2D eigenvalue weighted by atomic mass is 10.0. The van der Waals surface area contributed by atoms with E-state index in [-0.39, 0.29) is 22.6 Å². The van der Waals surface area contributed by atoms with Crippen molar-refractivity contribution in [3.05, 3.63) is 72.8 Å². The number of hydrogen-bond acceptors (Lipinski definition) is 8. The first-order valence-corrected chi connectivity index (χ1v) is 11.6. The Morgan fingerprint density at radius 2 is 0.921 bits per heavy atom. The van der Waals surface area contributed by atoms with Crippen LogP contribution in [-0.4, -0.2) is 36.6 Å². The van der Waals surface area contributed by atoms with Crippen LogP contribution in [0.25, 0.3) is 21.5 Å². The summed E-state index contributed by atoms with van der Waals surface area (Å²) in [7, 11) is 0. The Labute approximate surface area is 219 Å². The first-order valence-electron chi connectivity index (χ1n) is 11.6. The van der Waals surface area contributed by atoms with E-state index in [9.17, 15) is 19.2 Å². The zero-order valence-corrected chi connectivity index (χ0v) is 21.5. The molecule has 0 saturated heterocycles. The number of benzene rings is 3. The number of hydrogen-bond donors (Lipinski definition) is 2. The normalized spacial score (nSPS) is 12.1. The Bertz CT molecular complexity index is 1280. The van der Waals surface area contributed by atoms with Crippen LogP contribution in [-0.2, 0) is 19.1 Å². The van der Waals surface area contributed by atoms with Crippen LogP contribution in [0.15, 0.2) is 72.8 Å². The fourth-order valence-corrected chi connectivity index (χ4v) is 3.43. The Morgan fingerprint density at radius 1 is 0.632 bits per heavy atom. The molecule has 0 saturated carbocycles. The third-order valence-electron chi connectivity index (χ3n) is 5.13. The van der Waals surface area contributed by atoms with E-state index in [0.29, 0.717) is 21.5 Å². The minimum atomic E-state index is -0.975. The van der Waals surface area contributed by atoms with E-state index >= 15 is 0 Å². The summed E-state index contributed by atoms with van der Waals surface area (Å²) in [5.41, 5.74) is 0.374. The van der Waals surface area contributed by atoms with Gasteiger partial charge >= 0.3 is 24.1 Å². The number of fused-ring (bicyclic) bond motifs is 2. The van der Waals surface area contributed by atoms with Gasteiger partial charge in [-0.25, -0.2) is 19.2 Å². The largest absolute Gasteiger partial charge is 0.439 e. The molecule has 0 aliphatic carbocycles. The molecule has 3 aromatic carbocycles. The van der Waals surface area contributed by atoms with Crippen LogP contribution in [0.1, 0.15) is 27.7 Å². The number of carbonyl (C=O) groups is 4. The molecule has 2 atom stereocenters. The Morgan fingerprint density at radius 3 is 1.18 bits per heavy atom. The molecule has 0 aliphatic rings. The molecule has 2 unspecified atom stereocenters. The average Bonchev–Trinajstić information content (AvgIpc) is 2.85. The third kappa shape index (κ3) is 6.67. The average molecular weight is 521 g/mol. The van der Waals surface area contributed by atoms with Crippen LogP contribution in [0.2, 0.25) is 0 Å². The van der Waals surface area contributed by atoms with E-state index in [1.165, 1.54) is 27.7 Å². The van der Waals surface area contributed by atoms with Gasteiger partial charge < -0.3 is 18.9 Å². The summed E-state index contributed by atoms with van der Waals surface area (Å²) in [6, 6.07) is 13.8. The van der Waals surface area contributed by atoms with Gasteiger partial charge in [-0.05, 0) is 27.7 Å². The maximum Gasteiger partial charge on any atom is 0.415 e. The lowest BCUT2D eigenvalue weighted by molar-refractivity contribution is -0.145. The second kappa shape index (κ2) is 11.9. The minimum Gasteiger partial charge on any atom is -0.439 e. The molecule has 0 bridgehead atoms. The van der Waals surface area contributed by atoms with Gasteiger partial charge in [0.2, 0.25) is 0 Å². The highest BCUT2D eigenvalue weighted by Crippen LogP contribution is 2.42. The van der Waals surface area contributed by atoms with E-state index < -0.39 is 36.6 Å². The van der Waals surface area contributed by atoms with Crippen LogP contribution in [0.4, 0.5) is 9.59 Å². The maximum absolute atomic E-state index is 12.7. The van der Waals surface area contributed by atoms with E-state index in [2.05, 4.69) is 23.8 Å². The van der Waals surface area contributed by atoms with Gasteiger partial charge in [0.1, 0.15) is 11.5 Å². The van der Waals surface area contributed by atoms with Crippen LogP contribution in [0.5, 0.6) is 11.5 Å².